The van der Waals surface area contributed by atoms with Crippen molar-refractivity contribution < 1.29 is 9.53 Å². The van der Waals surface area contributed by atoms with Crippen LogP contribution in [0, 0.1) is 0 Å². The van der Waals surface area contributed by atoms with Crippen LogP contribution in [0.1, 0.15) is 57.4 Å². The van der Waals surface area contributed by atoms with Crippen LogP contribution in [-0.2, 0) is 9.53 Å². The zero-order valence-corrected chi connectivity index (χ0v) is 11.5. The minimum absolute atomic E-state index is 0.0641. The van der Waals surface area contributed by atoms with E-state index in [2.05, 4.69) is 26.0 Å². The molecule has 0 fully saturated rings. The van der Waals surface area contributed by atoms with E-state index in [0.29, 0.717) is 18.9 Å². The van der Waals surface area contributed by atoms with Crippen LogP contribution < -0.4 is 0 Å². The highest BCUT2D eigenvalue weighted by Gasteiger charge is 2.15. The summed E-state index contributed by atoms with van der Waals surface area (Å²) >= 11 is 0. The van der Waals surface area contributed by atoms with Crippen molar-refractivity contribution in [2.45, 2.75) is 51.9 Å². The molecule has 100 valence electrons. The lowest BCUT2D eigenvalue weighted by Crippen LogP contribution is -2.11. The van der Waals surface area contributed by atoms with Crippen LogP contribution >= 0.6 is 0 Å². The van der Waals surface area contributed by atoms with Crippen molar-refractivity contribution in [3.8, 4) is 0 Å². The van der Waals surface area contributed by atoms with Crippen LogP contribution in [0.4, 0.5) is 0 Å². The smallest absolute Gasteiger partial charge is 0.306 e. The van der Waals surface area contributed by atoms with Crippen molar-refractivity contribution in [3.05, 3.63) is 35.9 Å². The molecule has 1 rings (SSSR count). The molecular formula is C16H24O2. The van der Waals surface area contributed by atoms with Crippen LogP contribution in [0.3, 0.4) is 0 Å². The van der Waals surface area contributed by atoms with E-state index >= 15 is 0 Å². The molecule has 0 spiro atoms. The van der Waals surface area contributed by atoms with Crippen molar-refractivity contribution in [2.24, 2.45) is 0 Å². The van der Waals surface area contributed by atoms with E-state index in [-0.39, 0.29) is 5.97 Å². The number of ether oxygens (including phenoxy) is 1. The zero-order chi connectivity index (χ0) is 13.2. The summed E-state index contributed by atoms with van der Waals surface area (Å²) in [6.45, 7) is 4.80. The lowest BCUT2D eigenvalue weighted by Gasteiger charge is -2.15. The first kappa shape index (κ1) is 14.7. The van der Waals surface area contributed by atoms with Crippen LogP contribution in [0.25, 0.3) is 0 Å². The Morgan fingerprint density at radius 3 is 2.50 bits per heavy atom. The highest BCUT2D eigenvalue weighted by atomic mass is 16.5. The summed E-state index contributed by atoms with van der Waals surface area (Å²) in [5.41, 5.74) is 1.24. The predicted octanol–water partition coefficient (Wildman–Crippen LogP) is 4.30. The molecule has 1 aromatic rings. The van der Waals surface area contributed by atoms with Gasteiger partial charge in [0, 0.05) is 0 Å². The Hall–Kier alpha value is -1.31. The van der Waals surface area contributed by atoms with Gasteiger partial charge in [-0.3, -0.25) is 4.79 Å². The molecule has 0 bridgehead atoms. The summed E-state index contributed by atoms with van der Waals surface area (Å²) in [4.78, 5) is 11.8. The summed E-state index contributed by atoms with van der Waals surface area (Å²) < 4.78 is 5.24. The van der Waals surface area contributed by atoms with Gasteiger partial charge in [-0.2, -0.15) is 0 Å². The lowest BCUT2D eigenvalue weighted by molar-refractivity contribution is -0.144. The van der Waals surface area contributed by atoms with E-state index in [1.54, 1.807) is 0 Å². The van der Waals surface area contributed by atoms with Gasteiger partial charge >= 0.3 is 5.97 Å². The Balaban J connectivity index is 2.50. The molecule has 0 saturated carbocycles. The highest BCUT2D eigenvalue weighted by molar-refractivity contribution is 5.70. The van der Waals surface area contributed by atoms with Gasteiger partial charge in [-0.05, 0) is 24.3 Å². The van der Waals surface area contributed by atoms with Crippen LogP contribution in [0.2, 0.25) is 0 Å². The number of benzene rings is 1. The topological polar surface area (TPSA) is 26.3 Å². The molecule has 0 N–H and O–H groups in total. The van der Waals surface area contributed by atoms with Gasteiger partial charge in [-0.15, -0.1) is 0 Å². The first-order valence-electron chi connectivity index (χ1n) is 6.98. The van der Waals surface area contributed by atoms with E-state index in [4.69, 9.17) is 4.74 Å². The molecule has 0 aromatic heterocycles. The molecule has 2 heteroatoms. The van der Waals surface area contributed by atoms with Crippen LogP contribution in [0.5, 0.6) is 0 Å². The predicted molar refractivity (Wildman–Crippen MR) is 74.6 cm³/mol. The highest BCUT2D eigenvalue weighted by Crippen LogP contribution is 2.25. The summed E-state index contributed by atoms with van der Waals surface area (Å²) in [6.07, 6.45) is 4.64. The Morgan fingerprint density at radius 2 is 1.89 bits per heavy atom. The average Bonchev–Trinajstić information content (AvgIpc) is 2.39. The SMILES string of the molecule is CCCCOC(=O)CC(CCC)c1ccccc1. The van der Waals surface area contributed by atoms with E-state index in [1.807, 2.05) is 18.2 Å². The van der Waals surface area contributed by atoms with E-state index < -0.39 is 0 Å². The molecule has 0 radical (unpaired) electrons. The van der Waals surface area contributed by atoms with E-state index in [9.17, 15) is 4.79 Å². The molecule has 1 atom stereocenters. The van der Waals surface area contributed by atoms with Gasteiger partial charge in [-0.1, -0.05) is 57.0 Å². The van der Waals surface area contributed by atoms with Crippen molar-refractivity contribution in [2.75, 3.05) is 6.61 Å². The van der Waals surface area contributed by atoms with Crippen molar-refractivity contribution in [3.63, 3.8) is 0 Å². The molecular weight excluding hydrogens is 224 g/mol. The normalized spacial score (nSPS) is 12.1. The molecule has 0 heterocycles. The van der Waals surface area contributed by atoms with Crippen molar-refractivity contribution >= 4 is 5.97 Å². The van der Waals surface area contributed by atoms with Gasteiger partial charge in [0.05, 0.1) is 13.0 Å². The first-order chi connectivity index (χ1) is 8.77. The number of esters is 1. The summed E-state index contributed by atoms with van der Waals surface area (Å²) in [6, 6.07) is 10.3. The molecule has 1 unspecified atom stereocenters. The second kappa shape index (κ2) is 8.73. The number of carbonyl (C=O) groups excluding carboxylic acids is 1. The number of carbonyl (C=O) groups is 1. The maximum absolute atomic E-state index is 11.8. The van der Waals surface area contributed by atoms with Gasteiger partial charge in [0.15, 0.2) is 0 Å². The van der Waals surface area contributed by atoms with E-state index in [0.717, 1.165) is 25.7 Å². The van der Waals surface area contributed by atoms with Gasteiger partial charge in [-0.25, -0.2) is 0 Å². The Morgan fingerprint density at radius 1 is 1.17 bits per heavy atom. The second-order valence-corrected chi connectivity index (χ2v) is 4.67. The van der Waals surface area contributed by atoms with Gasteiger partial charge in [0.25, 0.3) is 0 Å². The fourth-order valence-electron chi connectivity index (χ4n) is 2.05. The summed E-state index contributed by atoms with van der Waals surface area (Å²) in [7, 11) is 0. The molecule has 2 nitrogen and oxygen atoms in total. The van der Waals surface area contributed by atoms with Crippen molar-refractivity contribution in [1.29, 1.82) is 0 Å². The molecule has 0 saturated heterocycles. The molecule has 0 aliphatic rings. The van der Waals surface area contributed by atoms with Crippen LogP contribution in [0.15, 0.2) is 30.3 Å². The third-order valence-electron chi connectivity index (χ3n) is 3.08. The fourth-order valence-corrected chi connectivity index (χ4v) is 2.05. The number of hydrogen-bond acceptors (Lipinski definition) is 2. The largest absolute Gasteiger partial charge is 0.466 e. The lowest BCUT2D eigenvalue weighted by atomic mass is 9.91. The Bertz CT molecular complexity index is 332. The molecule has 0 aliphatic carbocycles. The maximum Gasteiger partial charge on any atom is 0.306 e. The monoisotopic (exact) mass is 248 g/mol. The maximum atomic E-state index is 11.8. The molecule has 1 aromatic carbocycles. The average molecular weight is 248 g/mol. The molecule has 0 amide bonds. The van der Waals surface area contributed by atoms with E-state index in [1.165, 1.54) is 5.56 Å². The summed E-state index contributed by atoms with van der Waals surface area (Å²) in [5.74, 6) is 0.232. The van der Waals surface area contributed by atoms with Crippen molar-refractivity contribution in [1.82, 2.24) is 0 Å². The number of hydrogen-bond donors (Lipinski definition) is 0. The Kier molecular flexibility index (Phi) is 7.16. The van der Waals surface area contributed by atoms with Gasteiger partial charge in [0.2, 0.25) is 0 Å². The minimum atomic E-state index is -0.0641. The molecule has 18 heavy (non-hydrogen) atoms. The second-order valence-electron chi connectivity index (χ2n) is 4.67. The number of rotatable bonds is 8. The van der Waals surface area contributed by atoms with Gasteiger partial charge in [0.1, 0.15) is 0 Å². The minimum Gasteiger partial charge on any atom is -0.466 e. The zero-order valence-electron chi connectivity index (χ0n) is 11.5. The number of unbranched alkanes of at least 4 members (excludes halogenated alkanes) is 1. The quantitative estimate of drug-likeness (QED) is 0.506. The summed E-state index contributed by atoms with van der Waals surface area (Å²) in [5, 5.41) is 0. The first-order valence-corrected chi connectivity index (χ1v) is 6.98. The third kappa shape index (κ3) is 5.35. The standard InChI is InChI=1S/C16H24O2/c1-3-5-12-18-16(17)13-15(9-4-2)14-10-7-6-8-11-14/h6-8,10-11,15H,3-5,9,12-13H2,1-2H3. The molecule has 0 aliphatic heterocycles. The van der Waals surface area contributed by atoms with Gasteiger partial charge < -0.3 is 4.74 Å². The fraction of sp³-hybridized carbons (Fsp3) is 0.562. The van der Waals surface area contributed by atoms with Crippen LogP contribution in [-0.4, -0.2) is 12.6 Å². The third-order valence-corrected chi connectivity index (χ3v) is 3.08. The Labute approximate surface area is 110 Å².